The van der Waals surface area contributed by atoms with Gasteiger partial charge in [0.25, 0.3) is 5.69 Å². The van der Waals surface area contributed by atoms with E-state index in [1.54, 1.807) is 12.1 Å². The summed E-state index contributed by atoms with van der Waals surface area (Å²) in [6, 6.07) is 4.86. The van der Waals surface area contributed by atoms with Gasteiger partial charge in [-0.2, -0.15) is 0 Å². The SMILES string of the molecule is CCCNc1ccc([N+](=O)[O-])cc1COC(C)(C)CC. The first kappa shape index (κ1) is 16.4. The smallest absolute Gasteiger partial charge is 0.269 e. The predicted molar refractivity (Wildman–Crippen MR) is 81.0 cm³/mol. The molecule has 0 heterocycles. The fourth-order valence-corrected chi connectivity index (χ4v) is 1.62. The van der Waals surface area contributed by atoms with E-state index in [2.05, 4.69) is 19.2 Å². The molecule has 5 heteroatoms. The number of rotatable bonds is 8. The molecule has 0 unspecified atom stereocenters. The van der Waals surface area contributed by atoms with Gasteiger partial charge in [0.05, 0.1) is 17.1 Å². The topological polar surface area (TPSA) is 64.4 Å². The van der Waals surface area contributed by atoms with Crippen molar-refractivity contribution in [1.29, 1.82) is 0 Å². The van der Waals surface area contributed by atoms with E-state index in [1.807, 2.05) is 13.8 Å². The summed E-state index contributed by atoms with van der Waals surface area (Å²) in [5, 5.41) is 14.2. The van der Waals surface area contributed by atoms with Crippen LogP contribution in [0.1, 0.15) is 46.1 Å². The molecule has 0 amide bonds. The quantitative estimate of drug-likeness (QED) is 0.574. The zero-order valence-corrected chi connectivity index (χ0v) is 12.7. The molecule has 0 saturated carbocycles. The first-order chi connectivity index (χ1) is 9.39. The summed E-state index contributed by atoms with van der Waals surface area (Å²) >= 11 is 0. The molecule has 1 rings (SSSR count). The van der Waals surface area contributed by atoms with Gasteiger partial charge < -0.3 is 10.1 Å². The Hall–Kier alpha value is -1.62. The van der Waals surface area contributed by atoms with Crippen molar-refractivity contribution >= 4 is 11.4 Å². The van der Waals surface area contributed by atoms with Gasteiger partial charge >= 0.3 is 0 Å². The number of nitrogens with one attached hydrogen (secondary N) is 1. The highest BCUT2D eigenvalue weighted by atomic mass is 16.6. The summed E-state index contributed by atoms with van der Waals surface area (Å²) in [7, 11) is 0. The van der Waals surface area contributed by atoms with Gasteiger partial charge in [0.15, 0.2) is 0 Å². The fraction of sp³-hybridized carbons (Fsp3) is 0.600. The van der Waals surface area contributed by atoms with Crippen LogP contribution in [-0.4, -0.2) is 17.1 Å². The average molecular weight is 280 g/mol. The molecule has 0 bridgehead atoms. The Labute approximate surface area is 120 Å². The van der Waals surface area contributed by atoms with E-state index in [1.165, 1.54) is 6.07 Å². The van der Waals surface area contributed by atoms with Crippen LogP contribution >= 0.6 is 0 Å². The number of benzene rings is 1. The van der Waals surface area contributed by atoms with Gasteiger partial charge in [0, 0.05) is 29.9 Å². The third kappa shape index (κ3) is 4.81. The van der Waals surface area contributed by atoms with Gasteiger partial charge in [0.1, 0.15) is 0 Å². The van der Waals surface area contributed by atoms with Crippen LogP contribution in [0, 0.1) is 10.1 Å². The number of nitrogens with zero attached hydrogens (tertiary/aromatic N) is 1. The third-order valence-corrected chi connectivity index (χ3v) is 3.33. The van der Waals surface area contributed by atoms with Crippen LogP contribution in [0.25, 0.3) is 0 Å². The van der Waals surface area contributed by atoms with E-state index in [4.69, 9.17) is 4.74 Å². The van der Waals surface area contributed by atoms with Gasteiger partial charge in [0.2, 0.25) is 0 Å². The monoisotopic (exact) mass is 280 g/mol. The molecule has 0 aromatic heterocycles. The van der Waals surface area contributed by atoms with Crippen LogP contribution < -0.4 is 5.32 Å². The molecule has 0 aliphatic carbocycles. The van der Waals surface area contributed by atoms with Crippen molar-refractivity contribution in [3.8, 4) is 0 Å². The first-order valence-electron chi connectivity index (χ1n) is 7.04. The van der Waals surface area contributed by atoms with Gasteiger partial charge in [-0.25, -0.2) is 0 Å². The molecule has 20 heavy (non-hydrogen) atoms. The van der Waals surface area contributed by atoms with Crippen LogP contribution in [0.4, 0.5) is 11.4 Å². The molecule has 0 spiro atoms. The highest BCUT2D eigenvalue weighted by molar-refractivity contribution is 5.55. The second kappa shape index (κ2) is 7.24. The van der Waals surface area contributed by atoms with Crippen molar-refractivity contribution in [1.82, 2.24) is 0 Å². The van der Waals surface area contributed by atoms with Crippen LogP contribution in [0.15, 0.2) is 18.2 Å². The number of hydrogen-bond acceptors (Lipinski definition) is 4. The van der Waals surface area contributed by atoms with Gasteiger partial charge in [-0.05, 0) is 32.8 Å². The molecule has 112 valence electrons. The van der Waals surface area contributed by atoms with E-state index in [0.29, 0.717) is 6.61 Å². The standard InChI is InChI=1S/C15H24N2O3/c1-5-9-16-14-8-7-13(17(18)19)10-12(14)11-20-15(3,4)6-2/h7-8,10,16H,5-6,9,11H2,1-4H3. The van der Waals surface area contributed by atoms with E-state index >= 15 is 0 Å². The number of hydrogen-bond donors (Lipinski definition) is 1. The summed E-state index contributed by atoms with van der Waals surface area (Å²) in [4.78, 5) is 10.5. The zero-order valence-electron chi connectivity index (χ0n) is 12.7. The highest BCUT2D eigenvalue weighted by Crippen LogP contribution is 2.25. The molecular formula is C15H24N2O3. The van der Waals surface area contributed by atoms with Crippen molar-refractivity contribution in [2.75, 3.05) is 11.9 Å². The Balaban J connectivity index is 2.92. The molecule has 0 saturated heterocycles. The Morgan fingerprint density at radius 3 is 2.60 bits per heavy atom. The lowest BCUT2D eigenvalue weighted by Gasteiger charge is -2.24. The summed E-state index contributed by atoms with van der Waals surface area (Å²) in [5.74, 6) is 0. The Kier molecular flexibility index (Phi) is 5.95. The second-order valence-corrected chi connectivity index (χ2v) is 5.43. The molecule has 0 fully saturated rings. The van der Waals surface area contributed by atoms with Gasteiger partial charge in [-0.15, -0.1) is 0 Å². The van der Waals surface area contributed by atoms with Gasteiger partial charge in [-0.3, -0.25) is 10.1 Å². The third-order valence-electron chi connectivity index (χ3n) is 3.33. The van der Waals surface area contributed by atoms with Crippen molar-refractivity contribution in [3.63, 3.8) is 0 Å². The van der Waals surface area contributed by atoms with E-state index in [9.17, 15) is 10.1 Å². The largest absolute Gasteiger partial charge is 0.385 e. The molecule has 1 aromatic rings. The Morgan fingerprint density at radius 2 is 2.05 bits per heavy atom. The lowest BCUT2D eigenvalue weighted by Crippen LogP contribution is -2.23. The summed E-state index contributed by atoms with van der Waals surface area (Å²) < 4.78 is 5.86. The predicted octanol–water partition coefficient (Wildman–Crippen LogP) is 4.12. The Bertz CT molecular complexity index is 458. The number of ether oxygens (including phenoxy) is 1. The minimum Gasteiger partial charge on any atom is -0.385 e. The van der Waals surface area contributed by atoms with Crippen molar-refractivity contribution in [2.45, 2.75) is 52.7 Å². The molecule has 1 N–H and O–H groups in total. The lowest BCUT2D eigenvalue weighted by molar-refractivity contribution is -0.384. The maximum Gasteiger partial charge on any atom is 0.269 e. The number of nitro groups is 1. The molecule has 0 atom stereocenters. The number of non-ortho nitro benzene ring substituents is 1. The fourth-order valence-electron chi connectivity index (χ4n) is 1.62. The Morgan fingerprint density at radius 1 is 1.35 bits per heavy atom. The average Bonchev–Trinajstić information content (AvgIpc) is 2.43. The molecule has 1 aromatic carbocycles. The normalized spacial score (nSPS) is 11.4. The van der Waals surface area contributed by atoms with Gasteiger partial charge in [-0.1, -0.05) is 13.8 Å². The maximum absolute atomic E-state index is 10.9. The van der Waals surface area contributed by atoms with Crippen LogP contribution in [0.5, 0.6) is 0 Å². The summed E-state index contributed by atoms with van der Waals surface area (Å²) in [6.07, 6.45) is 1.89. The molecule has 0 aliphatic rings. The molecule has 0 radical (unpaired) electrons. The highest BCUT2D eigenvalue weighted by Gasteiger charge is 2.17. The van der Waals surface area contributed by atoms with E-state index in [-0.39, 0.29) is 16.2 Å². The van der Waals surface area contributed by atoms with Crippen LogP contribution in [0.2, 0.25) is 0 Å². The minimum absolute atomic E-state index is 0.0972. The number of anilines is 1. The van der Waals surface area contributed by atoms with Crippen LogP contribution in [0.3, 0.4) is 0 Å². The molecule has 5 nitrogen and oxygen atoms in total. The van der Waals surface area contributed by atoms with Crippen molar-refractivity contribution < 1.29 is 9.66 Å². The summed E-state index contributed by atoms with van der Waals surface area (Å²) in [5.41, 5.74) is 1.60. The van der Waals surface area contributed by atoms with E-state index in [0.717, 1.165) is 30.6 Å². The summed E-state index contributed by atoms with van der Waals surface area (Å²) in [6.45, 7) is 9.38. The first-order valence-corrected chi connectivity index (χ1v) is 7.04. The van der Waals surface area contributed by atoms with E-state index < -0.39 is 0 Å². The maximum atomic E-state index is 10.9. The zero-order chi connectivity index (χ0) is 15.2. The molecule has 0 aliphatic heterocycles. The lowest BCUT2D eigenvalue weighted by atomic mass is 10.1. The number of nitro benzene ring substituents is 1. The van der Waals surface area contributed by atoms with Crippen LogP contribution in [-0.2, 0) is 11.3 Å². The van der Waals surface area contributed by atoms with Crippen molar-refractivity contribution in [2.24, 2.45) is 0 Å². The molecular weight excluding hydrogens is 256 g/mol. The minimum atomic E-state index is -0.377. The van der Waals surface area contributed by atoms with Crippen molar-refractivity contribution in [3.05, 3.63) is 33.9 Å². The second-order valence-electron chi connectivity index (χ2n) is 5.43.